The number of para-hydroxylation sites is 1. The van der Waals surface area contributed by atoms with Gasteiger partial charge in [-0.1, -0.05) is 44.5 Å². The lowest BCUT2D eigenvalue weighted by atomic mass is 9.65. The van der Waals surface area contributed by atoms with Gasteiger partial charge in [-0.25, -0.2) is 0 Å². The Morgan fingerprint density at radius 2 is 1.97 bits per heavy atom. The number of rotatable bonds is 7. The van der Waals surface area contributed by atoms with Crippen molar-refractivity contribution in [1.82, 2.24) is 10.2 Å². The van der Waals surface area contributed by atoms with Crippen molar-refractivity contribution in [1.29, 1.82) is 0 Å². The molecule has 4 rings (SSSR count). The van der Waals surface area contributed by atoms with Crippen molar-refractivity contribution in [2.75, 3.05) is 19.0 Å². The molecule has 3 heterocycles. The SMILES string of the molecule is CC[C@@]12CCC3(O1)C(C(=O)Nc1ccccc1Cl)N([C@@H](CO)C(C)C)C(=O)[C@@H]3[C@@H]2C(=O)NC. The Bertz CT molecular complexity index is 971. The predicted octanol–water partition coefficient (Wildman–Crippen LogP) is 2.20. The van der Waals surface area contributed by atoms with Crippen LogP contribution in [0, 0.1) is 17.8 Å². The third-order valence-electron chi connectivity index (χ3n) is 7.84. The number of aliphatic hydroxyl groups excluding tert-OH is 1. The predicted molar refractivity (Wildman–Crippen MR) is 124 cm³/mol. The van der Waals surface area contributed by atoms with E-state index in [9.17, 15) is 19.5 Å². The molecule has 0 aliphatic carbocycles. The Morgan fingerprint density at radius 1 is 1.27 bits per heavy atom. The molecule has 8 nitrogen and oxygen atoms in total. The Morgan fingerprint density at radius 3 is 2.55 bits per heavy atom. The first kappa shape index (κ1) is 24.0. The molecule has 1 spiro atoms. The molecular weight excluding hydrogens is 446 g/mol. The van der Waals surface area contributed by atoms with Crippen molar-refractivity contribution in [3.63, 3.8) is 0 Å². The zero-order chi connectivity index (χ0) is 24.1. The molecule has 2 bridgehead atoms. The number of ether oxygens (including phenoxy) is 1. The summed E-state index contributed by atoms with van der Waals surface area (Å²) in [7, 11) is 1.55. The van der Waals surface area contributed by atoms with Crippen LogP contribution >= 0.6 is 11.6 Å². The molecule has 0 saturated carbocycles. The fourth-order valence-electron chi connectivity index (χ4n) is 6.25. The van der Waals surface area contributed by atoms with Crippen molar-refractivity contribution >= 4 is 35.0 Å². The maximum atomic E-state index is 13.9. The molecule has 2 unspecified atom stereocenters. The average Bonchev–Trinajstić information content (AvgIpc) is 3.39. The maximum absolute atomic E-state index is 13.9. The number of likely N-dealkylation sites (tertiary alicyclic amines) is 1. The van der Waals surface area contributed by atoms with Crippen LogP contribution in [0.4, 0.5) is 5.69 Å². The lowest BCUT2D eigenvalue weighted by Crippen LogP contribution is -2.57. The Hall–Kier alpha value is -2.16. The smallest absolute Gasteiger partial charge is 0.250 e. The number of anilines is 1. The first-order valence-corrected chi connectivity index (χ1v) is 12.0. The van der Waals surface area contributed by atoms with Crippen molar-refractivity contribution < 1.29 is 24.2 Å². The Labute approximate surface area is 199 Å². The Kier molecular flexibility index (Phi) is 6.22. The number of hydrogen-bond acceptors (Lipinski definition) is 5. The van der Waals surface area contributed by atoms with Gasteiger partial charge in [0.1, 0.15) is 11.6 Å². The van der Waals surface area contributed by atoms with Crippen LogP contribution in [0.5, 0.6) is 0 Å². The molecule has 3 aliphatic rings. The summed E-state index contributed by atoms with van der Waals surface area (Å²) >= 11 is 6.28. The zero-order valence-corrected chi connectivity index (χ0v) is 20.2. The number of nitrogens with zero attached hydrogens (tertiary/aromatic N) is 1. The van der Waals surface area contributed by atoms with Gasteiger partial charge in [-0.3, -0.25) is 14.4 Å². The van der Waals surface area contributed by atoms with E-state index in [0.29, 0.717) is 30.0 Å². The minimum atomic E-state index is -1.14. The second-order valence-electron chi connectivity index (χ2n) is 9.66. The number of amides is 3. The van der Waals surface area contributed by atoms with Crippen LogP contribution in [0.15, 0.2) is 24.3 Å². The van der Waals surface area contributed by atoms with Gasteiger partial charge in [0, 0.05) is 7.05 Å². The highest BCUT2D eigenvalue weighted by Crippen LogP contribution is 2.64. The van der Waals surface area contributed by atoms with Gasteiger partial charge in [0.15, 0.2) is 0 Å². The fraction of sp³-hybridized carbons (Fsp3) is 0.625. The highest BCUT2D eigenvalue weighted by atomic mass is 35.5. The van der Waals surface area contributed by atoms with E-state index in [4.69, 9.17) is 16.3 Å². The second kappa shape index (κ2) is 8.56. The molecule has 3 N–H and O–H groups in total. The minimum Gasteiger partial charge on any atom is -0.394 e. The minimum absolute atomic E-state index is 0.111. The topological polar surface area (TPSA) is 108 Å². The molecule has 3 aliphatic heterocycles. The number of benzene rings is 1. The van der Waals surface area contributed by atoms with Crippen molar-refractivity contribution in [3.05, 3.63) is 29.3 Å². The second-order valence-corrected chi connectivity index (χ2v) is 10.1. The van der Waals surface area contributed by atoms with E-state index in [1.807, 2.05) is 20.8 Å². The van der Waals surface area contributed by atoms with Gasteiger partial charge in [-0.15, -0.1) is 0 Å². The molecule has 1 aromatic carbocycles. The van der Waals surface area contributed by atoms with Gasteiger partial charge in [0.2, 0.25) is 17.7 Å². The van der Waals surface area contributed by atoms with E-state index < -0.39 is 41.0 Å². The molecule has 1 aromatic rings. The summed E-state index contributed by atoms with van der Waals surface area (Å²) in [6, 6.07) is 5.30. The van der Waals surface area contributed by atoms with Crippen molar-refractivity contribution in [2.24, 2.45) is 17.8 Å². The van der Waals surface area contributed by atoms with Crippen LogP contribution in [-0.2, 0) is 19.1 Å². The van der Waals surface area contributed by atoms with E-state index in [-0.39, 0.29) is 24.3 Å². The molecule has 9 heteroatoms. The summed E-state index contributed by atoms with van der Waals surface area (Å²) in [5.41, 5.74) is -1.50. The van der Waals surface area contributed by atoms with Gasteiger partial charge in [-0.05, 0) is 37.3 Å². The van der Waals surface area contributed by atoms with Gasteiger partial charge < -0.3 is 25.4 Å². The molecule has 3 amide bonds. The van der Waals surface area contributed by atoms with Crippen LogP contribution in [0.2, 0.25) is 5.02 Å². The largest absolute Gasteiger partial charge is 0.394 e. The summed E-state index contributed by atoms with van der Waals surface area (Å²) in [6.07, 6.45) is 1.63. The summed E-state index contributed by atoms with van der Waals surface area (Å²) < 4.78 is 6.63. The third kappa shape index (κ3) is 3.37. The molecule has 3 saturated heterocycles. The molecule has 0 radical (unpaired) electrons. The van der Waals surface area contributed by atoms with E-state index in [1.165, 1.54) is 4.90 Å². The van der Waals surface area contributed by atoms with Gasteiger partial charge in [-0.2, -0.15) is 0 Å². The van der Waals surface area contributed by atoms with Crippen LogP contribution in [0.3, 0.4) is 0 Å². The number of fused-ring (bicyclic) bond motifs is 1. The summed E-state index contributed by atoms with van der Waals surface area (Å²) in [5, 5.41) is 16.1. The molecule has 0 aromatic heterocycles. The standard InChI is InChI=1S/C24H32ClN3O5/c1-5-23-10-11-24(33-23)18(17(23)20(30)26-4)22(32)28(16(12-29)13(2)3)19(24)21(31)27-15-9-7-6-8-14(15)25/h6-9,13,16-19,29H,5,10-12H2,1-4H3,(H,26,30)(H,27,31)/t16-,17+,18-,19?,23-,24?/m0/s1. The van der Waals surface area contributed by atoms with Crippen LogP contribution < -0.4 is 10.6 Å². The first-order chi connectivity index (χ1) is 15.7. The average molecular weight is 478 g/mol. The molecular formula is C24H32ClN3O5. The molecule has 33 heavy (non-hydrogen) atoms. The molecule has 180 valence electrons. The van der Waals surface area contributed by atoms with Gasteiger partial charge in [0.05, 0.1) is 40.8 Å². The molecule has 3 fully saturated rings. The maximum Gasteiger partial charge on any atom is 0.250 e. The number of aliphatic hydroxyl groups is 1. The van der Waals surface area contributed by atoms with Crippen LogP contribution in [-0.4, -0.2) is 64.7 Å². The highest BCUT2D eigenvalue weighted by Gasteiger charge is 2.79. The number of hydrogen-bond donors (Lipinski definition) is 3. The van der Waals surface area contributed by atoms with Crippen LogP contribution in [0.1, 0.15) is 40.0 Å². The van der Waals surface area contributed by atoms with Gasteiger partial charge in [0.25, 0.3) is 0 Å². The quantitative estimate of drug-likeness (QED) is 0.558. The number of nitrogens with one attached hydrogen (secondary N) is 2. The highest BCUT2D eigenvalue weighted by molar-refractivity contribution is 6.33. The van der Waals surface area contributed by atoms with E-state index in [2.05, 4.69) is 10.6 Å². The fourth-order valence-corrected chi connectivity index (χ4v) is 6.43. The van der Waals surface area contributed by atoms with E-state index in [1.54, 1.807) is 31.3 Å². The Balaban J connectivity index is 1.83. The van der Waals surface area contributed by atoms with Crippen molar-refractivity contribution in [2.45, 2.75) is 63.3 Å². The number of carbonyl (C=O) groups is 3. The van der Waals surface area contributed by atoms with E-state index >= 15 is 0 Å². The summed E-state index contributed by atoms with van der Waals surface area (Å²) in [5.74, 6) is -2.59. The lowest BCUT2D eigenvalue weighted by Gasteiger charge is -2.38. The third-order valence-corrected chi connectivity index (χ3v) is 8.17. The first-order valence-electron chi connectivity index (χ1n) is 11.6. The number of carbonyl (C=O) groups excluding carboxylic acids is 3. The normalized spacial score (nSPS) is 33.4. The van der Waals surface area contributed by atoms with Gasteiger partial charge >= 0.3 is 0 Å². The molecule has 6 atom stereocenters. The summed E-state index contributed by atoms with van der Waals surface area (Å²) in [6.45, 7) is 5.43. The zero-order valence-electron chi connectivity index (χ0n) is 19.4. The lowest BCUT2D eigenvalue weighted by molar-refractivity contribution is -0.150. The summed E-state index contributed by atoms with van der Waals surface area (Å²) in [4.78, 5) is 42.2. The van der Waals surface area contributed by atoms with E-state index in [0.717, 1.165) is 0 Å². The van der Waals surface area contributed by atoms with Crippen LogP contribution in [0.25, 0.3) is 0 Å². The van der Waals surface area contributed by atoms with Crippen molar-refractivity contribution in [3.8, 4) is 0 Å². The monoisotopic (exact) mass is 477 g/mol. The number of halogens is 1.